The number of quaternary nitrogens is 1. The Morgan fingerprint density at radius 1 is 1.15 bits per heavy atom. The minimum absolute atomic E-state index is 0.0908. The molecule has 1 aromatic heterocycles. The molecule has 0 aliphatic heterocycles. The number of para-hydroxylation sites is 1. The normalized spacial score (nSPS) is 13.1. The molecule has 3 N–H and O–H groups in total. The second-order valence-electron chi connectivity index (χ2n) is 6.42. The maximum Gasteiger partial charge on any atom is 0.370 e. The number of ether oxygens (including phenoxy) is 2. The lowest BCUT2D eigenvalue weighted by atomic mass is 10.0. The summed E-state index contributed by atoms with van der Waals surface area (Å²) in [6.45, 7) is 3.95. The van der Waals surface area contributed by atoms with Gasteiger partial charge in [-0.25, -0.2) is 4.79 Å². The van der Waals surface area contributed by atoms with Crippen LogP contribution in [0.25, 0.3) is 11.0 Å². The highest BCUT2D eigenvalue weighted by molar-refractivity contribution is 5.81. The molecule has 6 nitrogen and oxygen atoms in total. The average molecular weight is 368 g/mol. The van der Waals surface area contributed by atoms with Gasteiger partial charge in [0.25, 0.3) is 0 Å². The predicted molar refractivity (Wildman–Crippen MR) is 101 cm³/mol. The molecule has 140 valence electrons. The number of fused-ring (bicyclic) bond motifs is 1. The summed E-state index contributed by atoms with van der Waals surface area (Å²) in [5, 5.41) is 0.344. The molecular formula is C21H22NO5+. The zero-order valence-corrected chi connectivity index (χ0v) is 15.3. The monoisotopic (exact) mass is 368 g/mol. The third kappa shape index (κ3) is 4.17. The highest BCUT2D eigenvalue weighted by atomic mass is 16.5. The van der Waals surface area contributed by atoms with Crippen LogP contribution in [0.3, 0.4) is 0 Å². The standard InChI is InChI=1S/C21H21NO5/c1-3-13(2)19(22)21(24)27-15-9-10-16-17(11-15)25-12-18(20(16)23)26-14-7-5-4-6-8-14/h4-13,19H,3,22H2,1-2H3/p+1/t13-,19-/m0/s1. The first-order valence-electron chi connectivity index (χ1n) is 8.82. The summed E-state index contributed by atoms with van der Waals surface area (Å²) >= 11 is 0. The van der Waals surface area contributed by atoms with Crippen molar-refractivity contribution in [3.8, 4) is 17.2 Å². The van der Waals surface area contributed by atoms with Gasteiger partial charge in [0.05, 0.1) is 5.39 Å². The summed E-state index contributed by atoms with van der Waals surface area (Å²) < 4.78 is 16.5. The van der Waals surface area contributed by atoms with E-state index < -0.39 is 12.0 Å². The Morgan fingerprint density at radius 3 is 2.59 bits per heavy atom. The quantitative estimate of drug-likeness (QED) is 0.533. The van der Waals surface area contributed by atoms with Gasteiger partial charge in [0.15, 0.2) is 6.04 Å². The second kappa shape index (κ2) is 8.05. The van der Waals surface area contributed by atoms with Gasteiger partial charge in [0, 0.05) is 12.0 Å². The summed E-state index contributed by atoms with van der Waals surface area (Å²) in [6.07, 6.45) is 2.09. The summed E-state index contributed by atoms with van der Waals surface area (Å²) in [4.78, 5) is 24.8. The van der Waals surface area contributed by atoms with Crippen molar-refractivity contribution in [2.24, 2.45) is 5.92 Å². The molecule has 3 rings (SSSR count). The summed E-state index contributed by atoms with van der Waals surface area (Å²) in [5.74, 6) is 0.655. The Morgan fingerprint density at radius 2 is 1.89 bits per heavy atom. The number of esters is 1. The molecule has 0 radical (unpaired) electrons. The van der Waals surface area contributed by atoms with Crippen LogP contribution in [-0.2, 0) is 4.79 Å². The van der Waals surface area contributed by atoms with E-state index in [1.54, 1.807) is 24.3 Å². The van der Waals surface area contributed by atoms with Crippen LogP contribution in [-0.4, -0.2) is 12.0 Å². The molecule has 27 heavy (non-hydrogen) atoms. The first-order valence-corrected chi connectivity index (χ1v) is 8.82. The van der Waals surface area contributed by atoms with Gasteiger partial charge in [-0.2, -0.15) is 0 Å². The fourth-order valence-corrected chi connectivity index (χ4v) is 2.55. The van der Waals surface area contributed by atoms with E-state index in [1.165, 1.54) is 12.3 Å². The molecule has 0 saturated carbocycles. The number of hydrogen-bond donors (Lipinski definition) is 1. The molecule has 0 bridgehead atoms. The Kier molecular flexibility index (Phi) is 5.57. The van der Waals surface area contributed by atoms with Gasteiger partial charge in [-0.05, 0) is 30.7 Å². The van der Waals surface area contributed by atoms with Crippen LogP contribution in [0.5, 0.6) is 17.2 Å². The molecule has 0 amide bonds. The van der Waals surface area contributed by atoms with Crippen LogP contribution in [0.1, 0.15) is 20.3 Å². The molecule has 2 atom stereocenters. The van der Waals surface area contributed by atoms with E-state index in [9.17, 15) is 9.59 Å². The third-order valence-electron chi connectivity index (χ3n) is 4.54. The molecule has 3 aromatic rings. The van der Waals surface area contributed by atoms with Crippen LogP contribution >= 0.6 is 0 Å². The van der Waals surface area contributed by atoms with Crippen molar-refractivity contribution < 1.29 is 24.4 Å². The molecule has 0 saturated heterocycles. The molecule has 1 heterocycles. The largest absolute Gasteiger partial charge is 0.460 e. The summed E-state index contributed by atoms with van der Waals surface area (Å²) in [6, 6.07) is 13.2. The highest BCUT2D eigenvalue weighted by Gasteiger charge is 2.25. The lowest BCUT2D eigenvalue weighted by Crippen LogP contribution is -2.68. The van der Waals surface area contributed by atoms with Crippen LogP contribution in [0.2, 0.25) is 0 Å². The van der Waals surface area contributed by atoms with Crippen molar-refractivity contribution >= 4 is 16.9 Å². The number of carbonyl (C=O) groups is 1. The van der Waals surface area contributed by atoms with Crippen molar-refractivity contribution in [2.45, 2.75) is 26.3 Å². The average Bonchev–Trinajstić information content (AvgIpc) is 2.69. The molecule has 6 heteroatoms. The first-order chi connectivity index (χ1) is 13.0. The third-order valence-corrected chi connectivity index (χ3v) is 4.54. The van der Waals surface area contributed by atoms with Gasteiger partial charge in [-0.3, -0.25) is 4.79 Å². The SMILES string of the molecule is CC[C@H](C)[C@H]([NH3+])C(=O)Oc1ccc2c(=O)c(Oc3ccccc3)coc2c1. The zero-order chi connectivity index (χ0) is 19.4. The van der Waals surface area contributed by atoms with Crippen molar-refractivity contribution in [1.82, 2.24) is 0 Å². The molecular weight excluding hydrogens is 346 g/mol. The van der Waals surface area contributed by atoms with E-state index in [0.29, 0.717) is 22.5 Å². The zero-order valence-electron chi connectivity index (χ0n) is 15.3. The second-order valence-corrected chi connectivity index (χ2v) is 6.42. The van der Waals surface area contributed by atoms with Crippen LogP contribution < -0.4 is 20.6 Å². The molecule has 0 aliphatic carbocycles. The van der Waals surface area contributed by atoms with E-state index in [4.69, 9.17) is 13.9 Å². The van der Waals surface area contributed by atoms with E-state index in [-0.39, 0.29) is 17.1 Å². The maximum absolute atomic E-state index is 12.6. The maximum atomic E-state index is 12.6. The Labute approximate surface area is 156 Å². The van der Waals surface area contributed by atoms with E-state index in [1.807, 2.05) is 32.0 Å². The van der Waals surface area contributed by atoms with E-state index in [2.05, 4.69) is 5.73 Å². The highest BCUT2D eigenvalue weighted by Crippen LogP contribution is 2.24. The number of carbonyl (C=O) groups excluding carboxylic acids is 1. The lowest BCUT2D eigenvalue weighted by Gasteiger charge is -2.13. The smallest absolute Gasteiger partial charge is 0.370 e. The minimum Gasteiger partial charge on any atom is -0.460 e. The van der Waals surface area contributed by atoms with Gasteiger partial charge in [0.2, 0.25) is 11.2 Å². The van der Waals surface area contributed by atoms with Crippen LogP contribution in [0.4, 0.5) is 0 Å². The Bertz CT molecular complexity index is 996. The van der Waals surface area contributed by atoms with Crippen molar-refractivity contribution in [1.29, 1.82) is 0 Å². The lowest BCUT2D eigenvalue weighted by molar-refractivity contribution is -0.418. The van der Waals surface area contributed by atoms with Crippen molar-refractivity contribution in [3.63, 3.8) is 0 Å². The van der Waals surface area contributed by atoms with Gasteiger partial charge in [-0.15, -0.1) is 0 Å². The summed E-state index contributed by atoms with van der Waals surface area (Å²) in [5.41, 5.74) is 3.88. The summed E-state index contributed by atoms with van der Waals surface area (Å²) in [7, 11) is 0. The van der Waals surface area contributed by atoms with Crippen LogP contribution in [0, 0.1) is 5.92 Å². The van der Waals surface area contributed by atoms with Crippen molar-refractivity contribution in [2.75, 3.05) is 0 Å². The van der Waals surface area contributed by atoms with Gasteiger partial charge >= 0.3 is 5.97 Å². The fourth-order valence-electron chi connectivity index (χ4n) is 2.55. The van der Waals surface area contributed by atoms with E-state index in [0.717, 1.165) is 6.42 Å². The predicted octanol–water partition coefficient (Wildman–Crippen LogP) is 3.15. The number of benzene rings is 2. The minimum atomic E-state index is -0.459. The Balaban J connectivity index is 1.84. The fraction of sp³-hybridized carbons (Fsp3) is 0.238. The van der Waals surface area contributed by atoms with E-state index >= 15 is 0 Å². The molecule has 0 fully saturated rings. The van der Waals surface area contributed by atoms with Crippen molar-refractivity contribution in [3.05, 3.63) is 65.0 Å². The van der Waals surface area contributed by atoms with Gasteiger partial charge < -0.3 is 19.6 Å². The Hall–Kier alpha value is -3.12. The number of hydrogen-bond acceptors (Lipinski definition) is 5. The topological polar surface area (TPSA) is 93.4 Å². The van der Waals surface area contributed by atoms with Gasteiger partial charge in [-0.1, -0.05) is 32.0 Å². The molecule has 2 aromatic carbocycles. The van der Waals surface area contributed by atoms with Crippen LogP contribution in [0.15, 0.2) is 64.0 Å². The van der Waals surface area contributed by atoms with Gasteiger partial charge in [0.1, 0.15) is 23.3 Å². The first kappa shape index (κ1) is 18.7. The molecule has 0 unspecified atom stereocenters. The molecule has 0 aliphatic rings. The number of rotatable bonds is 6. The molecule has 0 spiro atoms.